The van der Waals surface area contributed by atoms with Crippen LogP contribution in [0.25, 0.3) is 0 Å². The van der Waals surface area contributed by atoms with E-state index in [2.05, 4.69) is 5.32 Å². The molecule has 0 saturated heterocycles. The van der Waals surface area contributed by atoms with Crippen molar-refractivity contribution in [1.29, 1.82) is 5.26 Å². The molecule has 0 heterocycles. The number of carboxylic acids is 1. The Morgan fingerprint density at radius 1 is 1.38 bits per heavy atom. The number of benzene rings is 1. The molecule has 1 aromatic carbocycles. The van der Waals surface area contributed by atoms with Crippen molar-refractivity contribution >= 4 is 11.9 Å². The number of rotatable bonds is 8. The third kappa shape index (κ3) is 6.40. The number of aliphatic carboxylic acids is 1. The van der Waals surface area contributed by atoms with Crippen molar-refractivity contribution in [2.45, 2.75) is 13.0 Å². The zero-order valence-electron chi connectivity index (χ0n) is 11.5. The summed E-state index contributed by atoms with van der Waals surface area (Å²) in [4.78, 5) is 21.9. The van der Waals surface area contributed by atoms with Crippen LogP contribution in [0.4, 0.5) is 0 Å². The molecule has 112 valence electrons. The summed E-state index contributed by atoms with van der Waals surface area (Å²) in [6, 6.07) is 8.40. The minimum atomic E-state index is -1.06. The highest BCUT2D eigenvalue weighted by Gasteiger charge is 2.13. The van der Waals surface area contributed by atoms with E-state index in [1.54, 1.807) is 31.2 Å². The Hall–Kier alpha value is -2.59. The fourth-order valence-electron chi connectivity index (χ4n) is 1.42. The Labute approximate surface area is 122 Å². The summed E-state index contributed by atoms with van der Waals surface area (Å²) in [6.07, 6.45) is -0.711. The Balaban J connectivity index is 2.30. The summed E-state index contributed by atoms with van der Waals surface area (Å²) in [5.74, 6) is -0.907. The first-order valence-corrected chi connectivity index (χ1v) is 6.27. The fraction of sp³-hybridized carbons (Fsp3) is 0.357. The maximum Gasteiger partial charge on any atom is 0.329 e. The van der Waals surface area contributed by atoms with Gasteiger partial charge >= 0.3 is 5.97 Å². The van der Waals surface area contributed by atoms with Crippen LogP contribution >= 0.6 is 0 Å². The van der Waals surface area contributed by atoms with Crippen molar-refractivity contribution in [3.05, 3.63) is 29.8 Å². The van der Waals surface area contributed by atoms with Crippen molar-refractivity contribution in [2.24, 2.45) is 0 Å². The van der Waals surface area contributed by atoms with Gasteiger partial charge < -0.3 is 19.9 Å². The minimum absolute atomic E-state index is 0.113. The number of carbonyl (C=O) groups excluding carboxylic acids is 1. The van der Waals surface area contributed by atoms with E-state index in [-0.39, 0.29) is 19.1 Å². The molecule has 7 nitrogen and oxygen atoms in total. The number of nitrogens with zero attached hydrogens (tertiary/aromatic N) is 1. The minimum Gasteiger partial charge on any atom is -0.481 e. The zero-order valence-corrected chi connectivity index (χ0v) is 11.5. The molecule has 0 spiro atoms. The maximum absolute atomic E-state index is 11.7. The highest BCUT2D eigenvalue weighted by molar-refractivity contribution is 5.80. The number of amides is 1. The normalized spacial score (nSPS) is 11.2. The van der Waals surface area contributed by atoms with Crippen molar-refractivity contribution < 1.29 is 24.2 Å². The van der Waals surface area contributed by atoms with Crippen LogP contribution < -0.4 is 10.1 Å². The highest BCUT2D eigenvalue weighted by Crippen LogP contribution is 2.13. The molecule has 0 fully saturated rings. The molecule has 1 atom stereocenters. The van der Waals surface area contributed by atoms with Crippen LogP contribution in [-0.2, 0) is 14.3 Å². The number of hydrogen-bond donors (Lipinski definition) is 2. The largest absolute Gasteiger partial charge is 0.481 e. The smallest absolute Gasteiger partial charge is 0.329 e. The Kier molecular flexibility index (Phi) is 6.71. The Morgan fingerprint density at radius 2 is 2.05 bits per heavy atom. The summed E-state index contributed by atoms with van der Waals surface area (Å²) in [5.41, 5.74) is 0.509. The van der Waals surface area contributed by atoms with Gasteiger partial charge in [0, 0.05) is 6.54 Å². The molecular weight excluding hydrogens is 276 g/mol. The van der Waals surface area contributed by atoms with Gasteiger partial charge in [0.1, 0.15) is 12.4 Å². The first-order chi connectivity index (χ1) is 10.0. The molecule has 0 aromatic heterocycles. The second kappa shape index (κ2) is 8.55. The SMILES string of the molecule is CC(Oc1ccc(C#N)cc1)C(=O)NCCOCC(=O)O. The van der Waals surface area contributed by atoms with Gasteiger partial charge in [0.05, 0.1) is 18.2 Å². The summed E-state index contributed by atoms with van der Waals surface area (Å²) >= 11 is 0. The first kappa shape index (κ1) is 16.5. The van der Waals surface area contributed by atoms with Crippen LogP contribution in [0.3, 0.4) is 0 Å². The molecule has 2 N–H and O–H groups in total. The van der Waals surface area contributed by atoms with E-state index in [1.807, 2.05) is 6.07 Å². The van der Waals surface area contributed by atoms with Crippen molar-refractivity contribution in [3.8, 4) is 11.8 Å². The lowest BCUT2D eigenvalue weighted by molar-refractivity contribution is -0.142. The first-order valence-electron chi connectivity index (χ1n) is 6.27. The van der Waals surface area contributed by atoms with E-state index >= 15 is 0 Å². The number of hydrogen-bond acceptors (Lipinski definition) is 5. The molecule has 0 aliphatic carbocycles. The molecule has 0 aliphatic heterocycles. The zero-order chi connectivity index (χ0) is 15.7. The van der Waals surface area contributed by atoms with E-state index < -0.39 is 18.7 Å². The van der Waals surface area contributed by atoms with Gasteiger partial charge in [0.25, 0.3) is 5.91 Å². The lowest BCUT2D eigenvalue weighted by atomic mass is 10.2. The number of ether oxygens (including phenoxy) is 2. The van der Waals surface area contributed by atoms with Gasteiger partial charge in [0.15, 0.2) is 6.10 Å². The monoisotopic (exact) mass is 292 g/mol. The molecule has 0 saturated carbocycles. The van der Waals surface area contributed by atoms with Crippen LogP contribution in [0.2, 0.25) is 0 Å². The molecule has 0 radical (unpaired) electrons. The summed E-state index contributed by atoms with van der Waals surface area (Å²) < 4.78 is 10.2. The predicted molar refractivity (Wildman–Crippen MR) is 72.7 cm³/mol. The van der Waals surface area contributed by atoms with E-state index in [0.29, 0.717) is 11.3 Å². The summed E-state index contributed by atoms with van der Waals surface area (Å²) in [5, 5.41) is 19.6. The second-order valence-corrected chi connectivity index (χ2v) is 4.13. The van der Waals surface area contributed by atoms with E-state index in [1.165, 1.54) is 0 Å². The molecular formula is C14H16N2O5. The molecule has 1 rings (SSSR count). The second-order valence-electron chi connectivity index (χ2n) is 4.13. The molecule has 1 aromatic rings. The number of nitriles is 1. The fourth-order valence-corrected chi connectivity index (χ4v) is 1.42. The van der Waals surface area contributed by atoms with Gasteiger partial charge in [-0.15, -0.1) is 0 Å². The van der Waals surface area contributed by atoms with Crippen LogP contribution in [0.5, 0.6) is 5.75 Å². The number of carbonyl (C=O) groups is 2. The molecule has 0 aliphatic rings. The van der Waals surface area contributed by atoms with Crippen LogP contribution in [0.15, 0.2) is 24.3 Å². The topological polar surface area (TPSA) is 109 Å². The molecule has 21 heavy (non-hydrogen) atoms. The van der Waals surface area contributed by atoms with Gasteiger partial charge in [0.2, 0.25) is 0 Å². The Bertz CT molecular complexity index is 521. The Morgan fingerprint density at radius 3 is 2.62 bits per heavy atom. The van der Waals surface area contributed by atoms with Crippen molar-refractivity contribution in [2.75, 3.05) is 19.8 Å². The van der Waals surface area contributed by atoms with Crippen LogP contribution in [0, 0.1) is 11.3 Å². The van der Waals surface area contributed by atoms with Gasteiger partial charge in [-0.2, -0.15) is 5.26 Å². The molecule has 1 unspecified atom stereocenters. The highest BCUT2D eigenvalue weighted by atomic mass is 16.5. The lowest BCUT2D eigenvalue weighted by Crippen LogP contribution is -2.38. The molecule has 7 heteroatoms. The summed E-state index contributed by atoms with van der Waals surface area (Å²) in [6.45, 7) is 1.51. The van der Waals surface area contributed by atoms with Gasteiger partial charge in [-0.1, -0.05) is 0 Å². The van der Waals surface area contributed by atoms with Crippen molar-refractivity contribution in [3.63, 3.8) is 0 Å². The van der Waals surface area contributed by atoms with Gasteiger partial charge in [-0.25, -0.2) is 4.79 Å². The quantitative estimate of drug-likeness (QED) is 0.677. The molecule has 1 amide bonds. The van der Waals surface area contributed by atoms with E-state index in [4.69, 9.17) is 19.8 Å². The van der Waals surface area contributed by atoms with Crippen molar-refractivity contribution in [1.82, 2.24) is 5.32 Å². The van der Waals surface area contributed by atoms with E-state index in [0.717, 1.165) is 0 Å². The van der Waals surface area contributed by atoms with Crippen LogP contribution in [0.1, 0.15) is 12.5 Å². The maximum atomic E-state index is 11.7. The molecule has 0 bridgehead atoms. The number of carboxylic acid groups (broad SMARTS) is 1. The lowest BCUT2D eigenvalue weighted by Gasteiger charge is -2.14. The predicted octanol–water partition coefficient (Wildman–Crippen LogP) is 0.543. The average Bonchev–Trinajstić information content (AvgIpc) is 2.47. The third-order valence-electron chi connectivity index (χ3n) is 2.44. The standard InChI is InChI=1S/C14H16N2O5/c1-10(14(19)16-6-7-20-9-13(17)18)21-12-4-2-11(8-15)3-5-12/h2-5,10H,6-7,9H2,1H3,(H,16,19)(H,17,18). The summed E-state index contributed by atoms with van der Waals surface area (Å²) in [7, 11) is 0. The van der Waals surface area contributed by atoms with E-state index in [9.17, 15) is 9.59 Å². The van der Waals surface area contributed by atoms with Gasteiger partial charge in [-0.3, -0.25) is 4.79 Å². The van der Waals surface area contributed by atoms with Gasteiger partial charge in [-0.05, 0) is 31.2 Å². The average molecular weight is 292 g/mol. The van der Waals surface area contributed by atoms with Crippen LogP contribution in [-0.4, -0.2) is 42.8 Å². The number of nitrogens with one attached hydrogen (secondary N) is 1. The third-order valence-corrected chi connectivity index (χ3v) is 2.44.